The molecule has 0 bridgehead atoms. The van der Waals surface area contributed by atoms with Gasteiger partial charge in [-0.05, 0) is 0 Å². The predicted octanol–water partition coefficient (Wildman–Crippen LogP) is 0.958. The van der Waals surface area contributed by atoms with Crippen molar-refractivity contribution in [3.05, 3.63) is 12.4 Å². The van der Waals surface area contributed by atoms with Gasteiger partial charge in [-0.2, -0.15) is 0 Å². The van der Waals surface area contributed by atoms with Crippen LogP contribution >= 0.6 is 0 Å². The molecular weight excluding hydrogens is 140 g/mol. The van der Waals surface area contributed by atoms with Crippen molar-refractivity contribution in [2.75, 3.05) is 0 Å². The molecule has 2 radical (unpaired) electrons. The lowest BCUT2D eigenvalue weighted by Crippen LogP contribution is -2.17. The van der Waals surface area contributed by atoms with Gasteiger partial charge in [0.05, 0.1) is 5.45 Å². The second-order valence-electron chi connectivity index (χ2n) is 2.22. The maximum atomic E-state index is 4.14. The fourth-order valence-electron chi connectivity index (χ4n) is 0.746. The van der Waals surface area contributed by atoms with Crippen LogP contribution in [0.5, 0.6) is 0 Å². The van der Waals surface area contributed by atoms with Crippen molar-refractivity contribution < 1.29 is 0 Å². The lowest BCUT2D eigenvalue weighted by atomic mass is 10.4. The number of rotatable bonds is 4. The summed E-state index contributed by atoms with van der Waals surface area (Å²) < 4.78 is 0. The summed E-state index contributed by atoms with van der Waals surface area (Å²) in [6.07, 6.45) is 6.30. The Morgan fingerprint density at radius 2 is 2.60 bits per heavy atom. The molecule has 0 saturated carbocycles. The quantitative estimate of drug-likeness (QED) is 0.505. The van der Waals surface area contributed by atoms with Crippen LogP contribution in [0.1, 0.15) is 19.8 Å². The standard InChI is InChI=1S/C7H12N2Si/c1-2-3-6-10-7-8-4-5-9-7/h4-5H,2-3,6H2,1H3,(H,8,9). The highest BCUT2D eigenvalue weighted by Gasteiger charge is 1.93. The van der Waals surface area contributed by atoms with Crippen LogP contribution in [0.3, 0.4) is 0 Å². The van der Waals surface area contributed by atoms with Gasteiger partial charge in [-0.3, -0.25) is 0 Å². The van der Waals surface area contributed by atoms with E-state index in [0.29, 0.717) is 0 Å². The first-order valence-corrected chi connectivity index (χ1v) is 4.87. The molecule has 0 aliphatic heterocycles. The third-order valence-corrected chi connectivity index (χ3v) is 2.53. The van der Waals surface area contributed by atoms with Crippen molar-refractivity contribution in [2.24, 2.45) is 0 Å². The number of hydrogen-bond donors (Lipinski definition) is 1. The van der Waals surface area contributed by atoms with Crippen LogP contribution in [0.25, 0.3) is 0 Å². The van der Waals surface area contributed by atoms with E-state index in [2.05, 4.69) is 16.9 Å². The van der Waals surface area contributed by atoms with Crippen molar-refractivity contribution in [2.45, 2.75) is 25.8 Å². The summed E-state index contributed by atoms with van der Waals surface area (Å²) in [5.74, 6) is 0. The molecule has 0 aliphatic carbocycles. The van der Waals surface area contributed by atoms with Gasteiger partial charge in [0.1, 0.15) is 9.52 Å². The van der Waals surface area contributed by atoms with Gasteiger partial charge in [-0.1, -0.05) is 25.8 Å². The van der Waals surface area contributed by atoms with E-state index in [1.807, 2.05) is 12.4 Å². The summed E-state index contributed by atoms with van der Waals surface area (Å²) in [5.41, 5.74) is 1.15. The van der Waals surface area contributed by atoms with Gasteiger partial charge in [-0.15, -0.1) is 0 Å². The Morgan fingerprint density at radius 3 is 3.20 bits per heavy atom. The number of nitrogens with one attached hydrogen (secondary N) is 1. The average molecular weight is 152 g/mol. The molecule has 0 unspecified atom stereocenters. The van der Waals surface area contributed by atoms with Gasteiger partial charge in [0.15, 0.2) is 0 Å². The van der Waals surface area contributed by atoms with Crippen LogP contribution in [-0.2, 0) is 0 Å². The normalized spacial score (nSPS) is 10.1. The molecule has 2 nitrogen and oxygen atoms in total. The fourth-order valence-corrected chi connectivity index (χ4v) is 1.86. The lowest BCUT2D eigenvalue weighted by Gasteiger charge is -1.91. The fraction of sp³-hybridized carbons (Fsp3) is 0.571. The minimum Gasteiger partial charge on any atom is -0.353 e. The summed E-state index contributed by atoms with van der Waals surface area (Å²) in [6, 6.07) is 1.28. The highest BCUT2D eigenvalue weighted by Crippen LogP contribution is 1.91. The molecule has 3 heteroatoms. The third kappa shape index (κ3) is 2.35. The minimum atomic E-state index is 0.869. The molecule has 0 fully saturated rings. The predicted molar refractivity (Wildman–Crippen MR) is 43.7 cm³/mol. The average Bonchev–Trinajstić information content (AvgIpc) is 2.41. The number of H-pyrrole nitrogens is 1. The van der Waals surface area contributed by atoms with Crippen LogP contribution in [0.15, 0.2) is 12.4 Å². The zero-order chi connectivity index (χ0) is 7.23. The van der Waals surface area contributed by atoms with Crippen LogP contribution in [0.2, 0.25) is 6.04 Å². The molecule has 1 heterocycles. The molecule has 0 aliphatic rings. The van der Waals surface area contributed by atoms with Crippen molar-refractivity contribution in [1.29, 1.82) is 0 Å². The van der Waals surface area contributed by atoms with E-state index in [4.69, 9.17) is 0 Å². The van der Waals surface area contributed by atoms with E-state index in [9.17, 15) is 0 Å². The molecule has 1 rings (SSSR count). The topological polar surface area (TPSA) is 28.7 Å². The molecular formula is C7H12N2Si. The Balaban J connectivity index is 2.15. The van der Waals surface area contributed by atoms with E-state index in [1.165, 1.54) is 18.9 Å². The Morgan fingerprint density at radius 1 is 1.70 bits per heavy atom. The van der Waals surface area contributed by atoms with Crippen molar-refractivity contribution in [3.8, 4) is 0 Å². The second kappa shape index (κ2) is 4.28. The van der Waals surface area contributed by atoms with Crippen molar-refractivity contribution in [3.63, 3.8) is 0 Å². The summed E-state index contributed by atoms with van der Waals surface area (Å²) >= 11 is 0. The molecule has 10 heavy (non-hydrogen) atoms. The Hall–Kier alpha value is -0.573. The summed E-state index contributed by atoms with van der Waals surface area (Å²) in [6.45, 7) is 2.21. The van der Waals surface area contributed by atoms with Gasteiger partial charge in [-0.25, -0.2) is 4.98 Å². The number of aromatic nitrogens is 2. The zero-order valence-electron chi connectivity index (χ0n) is 6.22. The molecule has 1 N–H and O–H groups in total. The molecule has 0 amide bonds. The molecule has 0 aromatic carbocycles. The van der Waals surface area contributed by atoms with Crippen LogP contribution in [-0.4, -0.2) is 19.5 Å². The van der Waals surface area contributed by atoms with E-state index in [0.717, 1.165) is 15.0 Å². The summed E-state index contributed by atoms with van der Waals surface area (Å²) in [5, 5.41) is 0. The number of imidazole rings is 1. The molecule has 0 saturated heterocycles. The van der Waals surface area contributed by atoms with Crippen LogP contribution in [0, 0.1) is 0 Å². The largest absolute Gasteiger partial charge is 0.353 e. The highest BCUT2D eigenvalue weighted by atomic mass is 28.2. The summed E-state index contributed by atoms with van der Waals surface area (Å²) in [7, 11) is 0.869. The van der Waals surface area contributed by atoms with Gasteiger partial charge in [0.25, 0.3) is 0 Å². The minimum absolute atomic E-state index is 0.869. The zero-order valence-corrected chi connectivity index (χ0v) is 7.22. The Bertz CT molecular complexity index is 160. The molecule has 54 valence electrons. The monoisotopic (exact) mass is 152 g/mol. The lowest BCUT2D eigenvalue weighted by molar-refractivity contribution is 0.880. The number of hydrogen-bond acceptors (Lipinski definition) is 1. The van der Waals surface area contributed by atoms with Gasteiger partial charge < -0.3 is 4.98 Å². The van der Waals surface area contributed by atoms with E-state index in [-0.39, 0.29) is 0 Å². The Kier molecular flexibility index (Phi) is 3.22. The first-order valence-electron chi connectivity index (χ1n) is 3.66. The van der Waals surface area contributed by atoms with E-state index >= 15 is 0 Å². The first-order chi connectivity index (χ1) is 4.93. The van der Waals surface area contributed by atoms with E-state index < -0.39 is 0 Å². The maximum Gasteiger partial charge on any atom is 0.132 e. The Labute approximate surface area is 63.9 Å². The van der Waals surface area contributed by atoms with Gasteiger partial charge in [0, 0.05) is 12.4 Å². The molecule has 0 spiro atoms. The highest BCUT2D eigenvalue weighted by molar-refractivity contribution is 6.51. The number of unbranched alkanes of at least 4 members (excludes halogenated alkanes) is 1. The number of nitrogens with zero attached hydrogens (tertiary/aromatic N) is 1. The molecule has 1 aromatic heterocycles. The van der Waals surface area contributed by atoms with Gasteiger partial charge in [0.2, 0.25) is 0 Å². The second-order valence-corrected chi connectivity index (χ2v) is 3.55. The summed E-state index contributed by atoms with van der Waals surface area (Å²) in [4.78, 5) is 7.24. The first kappa shape index (κ1) is 7.53. The van der Waals surface area contributed by atoms with E-state index in [1.54, 1.807) is 0 Å². The SMILES string of the molecule is CCCC[Si]c1ncc[nH]1. The van der Waals surface area contributed by atoms with Gasteiger partial charge >= 0.3 is 0 Å². The number of aromatic amines is 1. The molecule has 0 atom stereocenters. The third-order valence-electron chi connectivity index (χ3n) is 1.32. The van der Waals surface area contributed by atoms with Crippen LogP contribution in [0.4, 0.5) is 0 Å². The smallest absolute Gasteiger partial charge is 0.132 e. The van der Waals surface area contributed by atoms with Crippen molar-refractivity contribution >= 4 is 15.0 Å². The van der Waals surface area contributed by atoms with Crippen LogP contribution < -0.4 is 5.45 Å². The van der Waals surface area contributed by atoms with Crippen molar-refractivity contribution in [1.82, 2.24) is 9.97 Å². The maximum absolute atomic E-state index is 4.14. The molecule has 1 aromatic rings.